The van der Waals surface area contributed by atoms with E-state index in [1.54, 1.807) is 12.1 Å². The Labute approximate surface area is 214 Å². The van der Waals surface area contributed by atoms with Gasteiger partial charge in [0.05, 0.1) is 23.1 Å². The molecule has 0 amide bonds. The second kappa shape index (κ2) is 8.06. The molecule has 0 radical (unpaired) electrons. The van der Waals surface area contributed by atoms with Gasteiger partial charge in [-0.05, 0) is 61.8 Å². The zero-order chi connectivity index (χ0) is 25.4. The average Bonchev–Trinajstić information content (AvgIpc) is 3.42. The maximum atomic E-state index is 13.6. The van der Waals surface area contributed by atoms with Crippen LogP contribution in [0.3, 0.4) is 0 Å². The van der Waals surface area contributed by atoms with Gasteiger partial charge in [0.2, 0.25) is 5.76 Å². The molecule has 0 aliphatic heterocycles. The van der Waals surface area contributed by atoms with Crippen LogP contribution in [-0.2, 0) is 14.3 Å². The van der Waals surface area contributed by atoms with Gasteiger partial charge in [-0.15, -0.1) is 23.2 Å². The van der Waals surface area contributed by atoms with Crippen LogP contribution in [0.1, 0.15) is 57.0 Å². The van der Waals surface area contributed by atoms with Crippen molar-refractivity contribution in [1.29, 1.82) is 0 Å². The van der Waals surface area contributed by atoms with Crippen LogP contribution in [0, 0.1) is 28.6 Å². The van der Waals surface area contributed by atoms with Crippen LogP contribution < -0.4 is 0 Å². The molecule has 0 saturated heterocycles. The van der Waals surface area contributed by atoms with E-state index in [0.29, 0.717) is 19.3 Å². The van der Waals surface area contributed by atoms with Gasteiger partial charge >= 0.3 is 5.97 Å². The van der Waals surface area contributed by atoms with E-state index in [-0.39, 0.29) is 47.4 Å². The molecular weight excluding hydrogens is 491 g/mol. The first-order chi connectivity index (χ1) is 16.5. The van der Waals surface area contributed by atoms with Crippen LogP contribution in [0.4, 0.5) is 0 Å². The van der Waals surface area contributed by atoms with Gasteiger partial charge in [-0.3, -0.25) is 9.59 Å². The minimum Gasteiger partial charge on any atom is -0.457 e. The molecule has 3 fully saturated rings. The third-order valence-electron chi connectivity index (χ3n) is 9.69. The Morgan fingerprint density at radius 1 is 1.29 bits per heavy atom. The third kappa shape index (κ3) is 3.02. The molecule has 188 valence electrons. The Bertz CT molecular complexity index is 1140. The van der Waals surface area contributed by atoms with Gasteiger partial charge < -0.3 is 14.3 Å². The summed E-state index contributed by atoms with van der Waals surface area (Å²) in [5.41, 5.74) is -2.20. The highest BCUT2D eigenvalue weighted by molar-refractivity contribution is 6.29. The number of furan rings is 1. The number of rotatable bonds is 4. The number of halogens is 2. The summed E-state index contributed by atoms with van der Waals surface area (Å²) in [4.78, 5) is 37.7. The number of hydrogen-bond donors (Lipinski definition) is 1. The van der Waals surface area contributed by atoms with E-state index in [9.17, 15) is 19.5 Å². The Balaban J connectivity index is 1.61. The lowest BCUT2D eigenvalue weighted by Gasteiger charge is -2.64. The van der Waals surface area contributed by atoms with Gasteiger partial charge in [0.1, 0.15) is 0 Å². The van der Waals surface area contributed by atoms with Crippen LogP contribution in [0.25, 0.3) is 0 Å². The number of aliphatic hydroxyl groups is 1. The fourth-order valence-corrected chi connectivity index (χ4v) is 8.81. The predicted molar refractivity (Wildman–Crippen MR) is 130 cm³/mol. The zero-order valence-electron chi connectivity index (χ0n) is 20.1. The largest absolute Gasteiger partial charge is 0.457 e. The molecule has 0 bridgehead atoms. The van der Waals surface area contributed by atoms with Gasteiger partial charge in [-0.1, -0.05) is 32.4 Å². The van der Waals surface area contributed by atoms with Gasteiger partial charge in [-0.25, -0.2) is 4.79 Å². The van der Waals surface area contributed by atoms with E-state index in [0.717, 1.165) is 5.57 Å². The van der Waals surface area contributed by atoms with Gasteiger partial charge in [-0.2, -0.15) is 0 Å². The number of carbonyl (C=O) groups is 3. The number of ketones is 2. The van der Waals surface area contributed by atoms with Crippen molar-refractivity contribution in [2.24, 2.45) is 28.6 Å². The molecule has 1 heterocycles. The van der Waals surface area contributed by atoms with E-state index in [1.807, 2.05) is 26.8 Å². The first kappa shape index (κ1) is 24.8. The number of aliphatic hydroxyl groups excluding tert-OH is 1. The van der Waals surface area contributed by atoms with Crippen LogP contribution in [0.2, 0.25) is 0 Å². The monoisotopic (exact) mass is 520 g/mol. The van der Waals surface area contributed by atoms with Gasteiger partial charge in [0, 0.05) is 16.7 Å². The van der Waals surface area contributed by atoms with Crippen LogP contribution >= 0.6 is 23.2 Å². The second-order valence-corrected chi connectivity index (χ2v) is 12.0. The van der Waals surface area contributed by atoms with Gasteiger partial charge in [0.15, 0.2) is 17.2 Å². The molecule has 3 saturated carbocycles. The number of Topliss-reactive ketones (excluding diaryl/α,β-unsaturated/α-hetero) is 1. The van der Waals surface area contributed by atoms with E-state index in [2.05, 4.69) is 0 Å². The number of fused-ring (bicyclic) bond motifs is 5. The normalized spacial score (nSPS) is 44.2. The van der Waals surface area contributed by atoms with Crippen molar-refractivity contribution in [2.45, 2.75) is 63.0 Å². The smallest absolute Gasteiger partial charge is 0.375 e. The molecule has 1 aromatic rings. The summed E-state index contributed by atoms with van der Waals surface area (Å²) >= 11 is 13.6. The first-order valence-electron chi connectivity index (χ1n) is 12.1. The highest BCUT2D eigenvalue weighted by atomic mass is 35.5. The Morgan fingerprint density at radius 2 is 2.03 bits per heavy atom. The molecule has 6 nitrogen and oxygen atoms in total. The van der Waals surface area contributed by atoms with Crippen molar-refractivity contribution in [1.82, 2.24) is 0 Å². The molecule has 5 rings (SSSR count). The maximum Gasteiger partial charge on any atom is 0.375 e. The van der Waals surface area contributed by atoms with Crippen LogP contribution in [0.5, 0.6) is 0 Å². The number of hydrogen-bond acceptors (Lipinski definition) is 6. The number of esters is 1. The molecule has 0 aromatic carbocycles. The van der Waals surface area contributed by atoms with E-state index in [4.69, 9.17) is 32.4 Å². The molecular formula is C27H30Cl2O6. The van der Waals surface area contributed by atoms with E-state index in [1.165, 1.54) is 18.4 Å². The summed E-state index contributed by atoms with van der Waals surface area (Å²) in [6, 6.07) is 3.07. The summed E-state index contributed by atoms with van der Waals surface area (Å²) in [7, 11) is 0. The fourth-order valence-electron chi connectivity index (χ4n) is 8.09. The van der Waals surface area contributed by atoms with Crippen molar-refractivity contribution in [3.63, 3.8) is 0 Å². The summed E-state index contributed by atoms with van der Waals surface area (Å²) in [6.45, 7) is 5.81. The van der Waals surface area contributed by atoms with E-state index >= 15 is 0 Å². The molecule has 35 heavy (non-hydrogen) atoms. The number of alkyl halides is 2. The first-order valence-corrected chi connectivity index (χ1v) is 13.0. The Morgan fingerprint density at radius 3 is 2.69 bits per heavy atom. The van der Waals surface area contributed by atoms with Crippen molar-refractivity contribution in [3.05, 3.63) is 48.0 Å². The number of allylic oxidation sites excluding steroid dienone is 4. The lowest BCUT2D eigenvalue weighted by atomic mass is 9.45. The number of ether oxygens (including phenoxy) is 1. The quantitative estimate of drug-likeness (QED) is 0.449. The van der Waals surface area contributed by atoms with Crippen molar-refractivity contribution >= 4 is 40.7 Å². The summed E-state index contributed by atoms with van der Waals surface area (Å²) in [6.07, 6.45) is 7.44. The molecule has 4 aliphatic rings. The highest BCUT2D eigenvalue weighted by Gasteiger charge is 2.76. The zero-order valence-corrected chi connectivity index (χ0v) is 21.6. The molecule has 8 heteroatoms. The number of carbonyl (C=O) groups excluding carboxylic acids is 3. The maximum absolute atomic E-state index is 13.6. The third-order valence-corrected chi connectivity index (χ3v) is 10.9. The molecule has 0 unspecified atom stereocenters. The standard InChI is InChI=1S/C27H30Cl2O6/c1-15-11-19-18-7-6-16-12-17(30)8-9-24(16,2)26(18,29)21(31)13-25(19,3)27(15,22(32)14-28)35-23(33)20-5-4-10-34-20/h4-5,8-10,12,15,18-19,21,31H,6-7,11,13-14H2,1-3H3/t15-,18+,19+,21+,24+,25+,26+,27+/m0/s1. The second-order valence-electron chi connectivity index (χ2n) is 11.1. The average molecular weight is 521 g/mol. The van der Waals surface area contributed by atoms with Gasteiger partial charge in [0.25, 0.3) is 0 Å². The summed E-state index contributed by atoms with van der Waals surface area (Å²) in [5.74, 6) is -2.12. The SMILES string of the molecule is C[C@H]1C[C@@H]2[C@H]3CCC4=CC(=O)C=C[C@@]4(C)[C@]3(Cl)[C@H](O)C[C@@]2(C)[C@]1(OC(=O)c1ccco1)C(=O)CCl. The lowest BCUT2D eigenvalue weighted by molar-refractivity contribution is -0.177. The molecule has 8 atom stereocenters. The highest BCUT2D eigenvalue weighted by Crippen LogP contribution is 2.72. The Hall–Kier alpha value is -1.89. The van der Waals surface area contributed by atoms with E-state index < -0.39 is 33.4 Å². The Kier molecular flexibility index (Phi) is 5.71. The van der Waals surface area contributed by atoms with Crippen molar-refractivity contribution in [3.8, 4) is 0 Å². The van der Waals surface area contributed by atoms with Crippen LogP contribution in [0.15, 0.2) is 46.6 Å². The molecule has 0 spiro atoms. The fraction of sp³-hybridized carbons (Fsp3) is 0.593. The van der Waals surface area contributed by atoms with Crippen LogP contribution in [-0.4, -0.2) is 45.1 Å². The minimum atomic E-state index is -1.53. The minimum absolute atomic E-state index is 0.00557. The van der Waals surface area contributed by atoms with Crippen molar-refractivity contribution in [2.75, 3.05) is 5.88 Å². The lowest BCUT2D eigenvalue weighted by Crippen LogP contribution is -2.69. The molecule has 1 aromatic heterocycles. The topological polar surface area (TPSA) is 93.8 Å². The van der Waals surface area contributed by atoms with Crippen molar-refractivity contribution < 1.29 is 28.6 Å². The molecule has 1 N–H and O–H groups in total. The molecule has 4 aliphatic carbocycles. The predicted octanol–water partition coefficient (Wildman–Crippen LogP) is 4.87. The summed E-state index contributed by atoms with van der Waals surface area (Å²) < 4.78 is 11.3. The summed E-state index contributed by atoms with van der Waals surface area (Å²) in [5, 5.41) is 11.8.